The fourth-order valence-electron chi connectivity index (χ4n) is 2.37. The number of benzene rings is 1. The van der Waals surface area contributed by atoms with Crippen molar-refractivity contribution >= 4 is 17.3 Å². The second kappa shape index (κ2) is 4.52. The van der Waals surface area contributed by atoms with Crippen molar-refractivity contribution in [3.63, 3.8) is 0 Å². The molecule has 1 aliphatic heterocycles. The van der Waals surface area contributed by atoms with Crippen molar-refractivity contribution in [2.24, 2.45) is 5.92 Å². The van der Waals surface area contributed by atoms with E-state index in [2.05, 4.69) is 17.6 Å². The second-order valence-corrected chi connectivity index (χ2v) is 5.27. The molecule has 0 spiro atoms. The lowest BCUT2D eigenvalue weighted by Gasteiger charge is -2.20. The number of anilines is 2. The van der Waals surface area contributed by atoms with Crippen LogP contribution in [0.25, 0.3) is 0 Å². The average Bonchev–Trinajstić information content (AvgIpc) is 3.12. The van der Waals surface area contributed by atoms with Gasteiger partial charge in [-0.2, -0.15) is 0 Å². The van der Waals surface area contributed by atoms with Crippen molar-refractivity contribution in [3.8, 4) is 5.75 Å². The summed E-state index contributed by atoms with van der Waals surface area (Å²) in [6.07, 6.45) is 3.97. The van der Waals surface area contributed by atoms with Crippen LogP contribution >= 0.6 is 0 Å². The van der Waals surface area contributed by atoms with Gasteiger partial charge in [0.1, 0.15) is 5.75 Å². The van der Waals surface area contributed by atoms with Gasteiger partial charge >= 0.3 is 0 Å². The van der Waals surface area contributed by atoms with Crippen LogP contribution in [0.1, 0.15) is 26.2 Å². The van der Waals surface area contributed by atoms with Crippen LogP contribution in [0.4, 0.5) is 11.4 Å². The van der Waals surface area contributed by atoms with Crippen molar-refractivity contribution in [1.82, 2.24) is 0 Å². The Morgan fingerprint density at radius 1 is 1.50 bits per heavy atom. The highest BCUT2D eigenvalue weighted by molar-refractivity contribution is 5.96. The largest absolute Gasteiger partial charge is 0.482 e. The van der Waals surface area contributed by atoms with Crippen LogP contribution in [0.15, 0.2) is 18.2 Å². The molecule has 1 aliphatic carbocycles. The van der Waals surface area contributed by atoms with Crippen LogP contribution in [0.5, 0.6) is 5.75 Å². The number of carbonyl (C=O) groups excluding carboxylic acids is 1. The molecular weight excluding hydrogens is 228 g/mol. The van der Waals surface area contributed by atoms with Crippen LogP contribution in [0, 0.1) is 5.92 Å². The van der Waals surface area contributed by atoms with Gasteiger partial charge in [-0.05, 0) is 37.5 Å². The van der Waals surface area contributed by atoms with E-state index in [1.54, 1.807) is 0 Å². The third kappa shape index (κ3) is 2.58. The molecule has 1 saturated carbocycles. The summed E-state index contributed by atoms with van der Waals surface area (Å²) in [4.78, 5) is 11.3. The zero-order valence-corrected chi connectivity index (χ0v) is 10.5. The Kier molecular flexibility index (Phi) is 2.86. The first-order chi connectivity index (χ1) is 8.70. The van der Waals surface area contributed by atoms with E-state index in [4.69, 9.17) is 4.74 Å². The van der Waals surface area contributed by atoms with E-state index in [1.165, 1.54) is 19.3 Å². The van der Waals surface area contributed by atoms with E-state index >= 15 is 0 Å². The topological polar surface area (TPSA) is 50.4 Å². The molecule has 2 aliphatic rings. The number of nitrogens with one attached hydrogen (secondary N) is 2. The van der Waals surface area contributed by atoms with Crippen molar-refractivity contribution in [2.45, 2.75) is 32.2 Å². The molecule has 3 rings (SSSR count). The molecule has 0 aromatic heterocycles. The molecule has 1 amide bonds. The monoisotopic (exact) mass is 246 g/mol. The molecule has 1 aromatic rings. The van der Waals surface area contributed by atoms with Gasteiger partial charge in [0.15, 0.2) is 6.61 Å². The zero-order valence-electron chi connectivity index (χ0n) is 10.5. The van der Waals surface area contributed by atoms with E-state index < -0.39 is 0 Å². The predicted molar refractivity (Wildman–Crippen MR) is 71.0 cm³/mol. The number of ether oxygens (including phenoxy) is 1. The van der Waals surface area contributed by atoms with Gasteiger partial charge in [-0.1, -0.05) is 12.8 Å². The van der Waals surface area contributed by atoms with Crippen molar-refractivity contribution in [2.75, 3.05) is 17.2 Å². The number of hydrogen-bond acceptors (Lipinski definition) is 3. The summed E-state index contributed by atoms with van der Waals surface area (Å²) in [5, 5.41) is 6.29. The molecule has 0 saturated heterocycles. The SMILES string of the molecule is CC(CC1CC1)Nc1ccc2c(c1)NC(=O)CO2. The molecule has 1 heterocycles. The summed E-state index contributed by atoms with van der Waals surface area (Å²) in [7, 11) is 0. The molecule has 2 N–H and O–H groups in total. The first-order valence-electron chi connectivity index (χ1n) is 6.54. The third-order valence-electron chi connectivity index (χ3n) is 3.41. The lowest BCUT2D eigenvalue weighted by Crippen LogP contribution is -2.25. The average molecular weight is 246 g/mol. The Bertz CT molecular complexity index is 469. The maximum absolute atomic E-state index is 11.3. The summed E-state index contributed by atoms with van der Waals surface area (Å²) in [6, 6.07) is 6.31. The standard InChI is InChI=1S/C14H18N2O2/c1-9(6-10-2-3-10)15-11-4-5-13-12(7-11)16-14(17)8-18-13/h4-5,7,9-10,15H,2-3,6,8H2,1H3,(H,16,17). The maximum Gasteiger partial charge on any atom is 0.262 e. The molecule has 4 heteroatoms. The molecule has 0 radical (unpaired) electrons. The molecule has 18 heavy (non-hydrogen) atoms. The van der Waals surface area contributed by atoms with E-state index in [-0.39, 0.29) is 12.5 Å². The second-order valence-electron chi connectivity index (χ2n) is 5.27. The quantitative estimate of drug-likeness (QED) is 0.858. The van der Waals surface area contributed by atoms with Crippen molar-refractivity contribution in [3.05, 3.63) is 18.2 Å². The summed E-state index contributed by atoms with van der Waals surface area (Å²) >= 11 is 0. The van der Waals surface area contributed by atoms with Gasteiger partial charge in [0.2, 0.25) is 0 Å². The molecule has 1 atom stereocenters. The number of carbonyl (C=O) groups is 1. The van der Waals surface area contributed by atoms with Gasteiger partial charge in [0, 0.05) is 11.7 Å². The first kappa shape index (κ1) is 11.4. The van der Waals surface area contributed by atoms with E-state index in [1.807, 2.05) is 18.2 Å². The molecule has 96 valence electrons. The van der Waals surface area contributed by atoms with Crippen molar-refractivity contribution in [1.29, 1.82) is 0 Å². The van der Waals surface area contributed by atoms with Crippen molar-refractivity contribution < 1.29 is 9.53 Å². The minimum atomic E-state index is -0.0920. The highest BCUT2D eigenvalue weighted by atomic mass is 16.5. The minimum Gasteiger partial charge on any atom is -0.482 e. The number of fused-ring (bicyclic) bond motifs is 1. The van der Waals surface area contributed by atoms with E-state index in [0.29, 0.717) is 6.04 Å². The molecule has 4 nitrogen and oxygen atoms in total. The number of hydrogen-bond donors (Lipinski definition) is 2. The smallest absolute Gasteiger partial charge is 0.262 e. The van der Waals surface area contributed by atoms with Gasteiger partial charge in [-0.15, -0.1) is 0 Å². The van der Waals surface area contributed by atoms with Crippen LogP contribution in [-0.4, -0.2) is 18.6 Å². The van der Waals surface area contributed by atoms with Gasteiger partial charge in [-0.3, -0.25) is 4.79 Å². The van der Waals surface area contributed by atoms with E-state index in [0.717, 1.165) is 23.0 Å². The number of rotatable bonds is 4. The lowest BCUT2D eigenvalue weighted by atomic mass is 10.1. The fourth-order valence-corrected chi connectivity index (χ4v) is 2.37. The Morgan fingerprint density at radius 2 is 2.33 bits per heavy atom. The Morgan fingerprint density at radius 3 is 3.11 bits per heavy atom. The predicted octanol–water partition coefficient (Wildman–Crippen LogP) is 2.62. The zero-order chi connectivity index (χ0) is 12.5. The number of amides is 1. The molecule has 1 aromatic carbocycles. The molecular formula is C14H18N2O2. The highest BCUT2D eigenvalue weighted by Crippen LogP contribution is 2.35. The normalized spacial score (nSPS) is 19.5. The summed E-state index contributed by atoms with van der Waals surface area (Å²) < 4.78 is 5.33. The molecule has 1 unspecified atom stereocenters. The van der Waals surface area contributed by atoms with Gasteiger partial charge in [0.25, 0.3) is 5.91 Å². The van der Waals surface area contributed by atoms with Gasteiger partial charge in [0.05, 0.1) is 5.69 Å². The van der Waals surface area contributed by atoms with Crippen LogP contribution in [-0.2, 0) is 4.79 Å². The highest BCUT2D eigenvalue weighted by Gasteiger charge is 2.23. The first-order valence-corrected chi connectivity index (χ1v) is 6.54. The Balaban J connectivity index is 1.68. The molecule has 1 fully saturated rings. The Labute approximate surface area is 107 Å². The summed E-state index contributed by atoms with van der Waals surface area (Å²) in [5.74, 6) is 1.56. The lowest BCUT2D eigenvalue weighted by molar-refractivity contribution is -0.118. The van der Waals surface area contributed by atoms with Crippen LogP contribution in [0.2, 0.25) is 0 Å². The third-order valence-corrected chi connectivity index (χ3v) is 3.41. The maximum atomic E-state index is 11.3. The fraction of sp³-hybridized carbons (Fsp3) is 0.500. The summed E-state index contributed by atoms with van der Waals surface area (Å²) in [6.45, 7) is 2.31. The molecule has 0 bridgehead atoms. The van der Waals surface area contributed by atoms with Crippen LogP contribution in [0.3, 0.4) is 0 Å². The van der Waals surface area contributed by atoms with E-state index in [9.17, 15) is 4.79 Å². The van der Waals surface area contributed by atoms with Gasteiger partial charge < -0.3 is 15.4 Å². The van der Waals surface area contributed by atoms with Crippen LogP contribution < -0.4 is 15.4 Å². The Hall–Kier alpha value is -1.71. The summed E-state index contributed by atoms with van der Waals surface area (Å²) in [5.41, 5.74) is 1.79. The minimum absolute atomic E-state index is 0.0920. The van der Waals surface area contributed by atoms with Gasteiger partial charge in [-0.25, -0.2) is 0 Å².